The first-order chi connectivity index (χ1) is 12.8. The van der Waals surface area contributed by atoms with Crippen molar-refractivity contribution in [1.82, 2.24) is 10.2 Å². The molecule has 1 amide bonds. The van der Waals surface area contributed by atoms with E-state index in [-0.39, 0.29) is 5.92 Å². The molecule has 1 aliphatic heterocycles. The number of hydrogen-bond acceptors (Lipinski definition) is 3. The van der Waals surface area contributed by atoms with E-state index in [4.69, 9.17) is 4.74 Å². The minimum absolute atomic E-state index is 0.284. The first-order valence-electron chi connectivity index (χ1n) is 10.5. The van der Waals surface area contributed by atoms with Crippen molar-refractivity contribution in [1.29, 1.82) is 0 Å². The molecule has 26 heavy (non-hydrogen) atoms. The lowest BCUT2D eigenvalue weighted by atomic mass is 9.88. The van der Waals surface area contributed by atoms with E-state index in [1.54, 1.807) is 0 Å². The number of benzene rings is 1. The van der Waals surface area contributed by atoms with Crippen molar-refractivity contribution < 1.29 is 9.53 Å². The maximum atomic E-state index is 12.4. The van der Waals surface area contributed by atoms with Crippen molar-refractivity contribution >= 4 is 5.91 Å². The quantitative estimate of drug-likeness (QED) is 0.714. The highest BCUT2D eigenvalue weighted by Crippen LogP contribution is 2.24. The first kappa shape index (κ1) is 19.2. The highest BCUT2D eigenvalue weighted by molar-refractivity contribution is 5.79. The Kier molecular flexibility index (Phi) is 7.81. The Morgan fingerprint density at radius 3 is 2.46 bits per heavy atom. The van der Waals surface area contributed by atoms with E-state index in [1.165, 1.54) is 25.7 Å². The predicted octanol–water partition coefficient (Wildman–Crippen LogP) is 4.01. The lowest BCUT2D eigenvalue weighted by Gasteiger charge is -2.33. The van der Waals surface area contributed by atoms with E-state index in [1.807, 2.05) is 30.3 Å². The largest absolute Gasteiger partial charge is 0.494 e. The van der Waals surface area contributed by atoms with Crippen molar-refractivity contribution in [2.75, 3.05) is 26.2 Å². The average molecular weight is 359 g/mol. The molecule has 0 spiro atoms. The van der Waals surface area contributed by atoms with Crippen LogP contribution in [0.4, 0.5) is 0 Å². The van der Waals surface area contributed by atoms with Crippen LogP contribution in [0.2, 0.25) is 0 Å². The van der Waals surface area contributed by atoms with Crippen LogP contribution in [0.15, 0.2) is 30.3 Å². The van der Waals surface area contributed by atoms with Gasteiger partial charge in [0.1, 0.15) is 5.75 Å². The van der Waals surface area contributed by atoms with Gasteiger partial charge in [0.2, 0.25) is 5.91 Å². The van der Waals surface area contributed by atoms with Crippen LogP contribution in [0, 0.1) is 5.92 Å². The third-order valence-electron chi connectivity index (χ3n) is 5.79. The van der Waals surface area contributed by atoms with Gasteiger partial charge in [0.05, 0.1) is 6.61 Å². The summed E-state index contributed by atoms with van der Waals surface area (Å²) in [4.78, 5) is 14.9. The van der Waals surface area contributed by atoms with E-state index in [9.17, 15) is 4.79 Å². The number of ether oxygens (including phenoxy) is 1. The third-order valence-corrected chi connectivity index (χ3v) is 5.79. The molecule has 2 fully saturated rings. The number of piperidine rings is 1. The summed E-state index contributed by atoms with van der Waals surface area (Å²) in [5, 5.41) is 3.32. The molecule has 0 atom stereocenters. The summed E-state index contributed by atoms with van der Waals surface area (Å²) in [6.45, 7) is 4.14. The normalized spacial score (nSPS) is 20.0. The Balaban J connectivity index is 1.24. The number of unbranched alkanes of at least 4 members (excludes halogenated alkanes) is 1. The van der Waals surface area contributed by atoms with E-state index < -0.39 is 0 Å². The molecule has 1 heterocycles. The summed E-state index contributed by atoms with van der Waals surface area (Å²) < 4.78 is 5.75. The second-order valence-electron chi connectivity index (χ2n) is 7.83. The Morgan fingerprint density at radius 1 is 1.00 bits per heavy atom. The summed E-state index contributed by atoms with van der Waals surface area (Å²) in [6.07, 6.45) is 10.4. The Bertz CT molecular complexity index is 520. The molecular formula is C22H34N2O2. The fraction of sp³-hybridized carbons (Fsp3) is 0.682. The zero-order valence-corrected chi connectivity index (χ0v) is 16.0. The third kappa shape index (κ3) is 6.31. The Hall–Kier alpha value is -1.55. The smallest absolute Gasteiger partial charge is 0.223 e. The van der Waals surface area contributed by atoms with Gasteiger partial charge in [0, 0.05) is 25.0 Å². The van der Waals surface area contributed by atoms with Gasteiger partial charge in [-0.25, -0.2) is 0 Å². The zero-order chi connectivity index (χ0) is 18.0. The summed E-state index contributed by atoms with van der Waals surface area (Å²) in [5.74, 6) is 1.56. The minimum atomic E-state index is 0.284. The summed E-state index contributed by atoms with van der Waals surface area (Å²) >= 11 is 0. The topological polar surface area (TPSA) is 41.6 Å². The van der Waals surface area contributed by atoms with Crippen LogP contribution in [0.25, 0.3) is 0 Å². The highest BCUT2D eigenvalue weighted by atomic mass is 16.5. The number of nitrogens with zero attached hydrogens (tertiary/aromatic N) is 1. The number of hydrogen-bond donors (Lipinski definition) is 1. The monoisotopic (exact) mass is 358 g/mol. The Labute approximate surface area is 158 Å². The standard InChI is InChI=1S/C22H34N2O2/c25-22(19-9-3-1-4-10-19)23-20-13-16-24(17-14-20)15-7-8-18-26-21-11-5-2-6-12-21/h2,5-6,11-12,19-20H,1,3-4,7-10,13-18H2,(H,23,25). The van der Waals surface area contributed by atoms with Crippen LogP contribution >= 0.6 is 0 Å². The van der Waals surface area contributed by atoms with Crippen molar-refractivity contribution in [2.24, 2.45) is 5.92 Å². The van der Waals surface area contributed by atoms with Crippen LogP contribution in [0.1, 0.15) is 57.8 Å². The Morgan fingerprint density at radius 2 is 1.73 bits per heavy atom. The summed E-state index contributed by atoms with van der Waals surface area (Å²) in [7, 11) is 0. The van der Waals surface area contributed by atoms with Crippen molar-refractivity contribution in [3.63, 3.8) is 0 Å². The van der Waals surface area contributed by atoms with Gasteiger partial charge in [-0.05, 0) is 57.2 Å². The maximum Gasteiger partial charge on any atom is 0.223 e. The van der Waals surface area contributed by atoms with Crippen LogP contribution in [-0.4, -0.2) is 43.1 Å². The predicted molar refractivity (Wildman–Crippen MR) is 105 cm³/mol. The number of rotatable bonds is 8. The van der Waals surface area contributed by atoms with Gasteiger partial charge < -0.3 is 15.0 Å². The van der Waals surface area contributed by atoms with Crippen molar-refractivity contribution in [2.45, 2.75) is 63.8 Å². The minimum Gasteiger partial charge on any atom is -0.494 e. The van der Waals surface area contributed by atoms with Gasteiger partial charge in [0.25, 0.3) is 0 Å². The molecule has 4 heteroatoms. The number of nitrogens with one attached hydrogen (secondary N) is 1. The highest BCUT2D eigenvalue weighted by Gasteiger charge is 2.25. The molecule has 0 unspecified atom stereocenters. The molecule has 1 aliphatic carbocycles. The number of carbonyl (C=O) groups excluding carboxylic acids is 1. The molecule has 2 aliphatic rings. The molecule has 1 aromatic carbocycles. The lowest BCUT2D eigenvalue weighted by molar-refractivity contribution is -0.127. The van der Waals surface area contributed by atoms with E-state index in [2.05, 4.69) is 10.2 Å². The summed E-state index contributed by atoms with van der Waals surface area (Å²) in [6, 6.07) is 10.4. The number of amides is 1. The fourth-order valence-electron chi connectivity index (χ4n) is 4.13. The van der Waals surface area contributed by atoms with Crippen LogP contribution in [0.5, 0.6) is 5.75 Å². The molecule has 144 valence electrons. The van der Waals surface area contributed by atoms with Gasteiger partial charge in [-0.3, -0.25) is 4.79 Å². The average Bonchev–Trinajstić information content (AvgIpc) is 2.70. The van der Waals surface area contributed by atoms with E-state index in [0.29, 0.717) is 11.9 Å². The molecular weight excluding hydrogens is 324 g/mol. The molecule has 4 nitrogen and oxygen atoms in total. The van der Waals surface area contributed by atoms with Gasteiger partial charge in [-0.15, -0.1) is 0 Å². The van der Waals surface area contributed by atoms with Gasteiger partial charge in [0.15, 0.2) is 0 Å². The lowest BCUT2D eigenvalue weighted by Crippen LogP contribution is -2.46. The van der Waals surface area contributed by atoms with Crippen molar-refractivity contribution in [3.05, 3.63) is 30.3 Å². The fourth-order valence-corrected chi connectivity index (χ4v) is 4.13. The molecule has 0 radical (unpaired) electrons. The SMILES string of the molecule is O=C(NC1CCN(CCCCOc2ccccc2)CC1)C1CCCCC1. The molecule has 0 aromatic heterocycles. The second-order valence-corrected chi connectivity index (χ2v) is 7.83. The van der Waals surface area contributed by atoms with Crippen LogP contribution < -0.4 is 10.1 Å². The van der Waals surface area contributed by atoms with Gasteiger partial charge >= 0.3 is 0 Å². The molecule has 0 bridgehead atoms. The molecule has 1 aromatic rings. The van der Waals surface area contributed by atoms with E-state index >= 15 is 0 Å². The number of para-hydroxylation sites is 1. The molecule has 1 saturated carbocycles. The van der Waals surface area contributed by atoms with Gasteiger partial charge in [-0.2, -0.15) is 0 Å². The number of carbonyl (C=O) groups is 1. The molecule has 1 N–H and O–H groups in total. The van der Waals surface area contributed by atoms with Gasteiger partial charge in [-0.1, -0.05) is 37.5 Å². The summed E-state index contributed by atoms with van der Waals surface area (Å²) in [5.41, 5.74) is 0. The number of likely N-dealkylation sites (tertiary alicyclic amines) is 1. The van der Waals surface area contributed by atoms with Crippen molar-refractivity contribution in [3.8, 4) is 5.75 Å². The molecule has 3 rings (SSSR count). The van der Waals surface area contributed by atoms with Crippen LogP contribution in [-0.2, 0) is 4.79 Å². The molecule has 1 saturated heterocycles. The second kappa shape index (κ2) is 10.6. The zero-order valence-electron chi connectivity index (χ0n) is 16.0. The first-order valence-corrected chi connectivity index (χ1v) is 10.5. The van der Waals surface area contributed by atoms with Crippen LogP contribution in [0.3, 0.4) is 0 Å². The maximum absolute atomic E-state index is 12.4. The van der Waals surface area contributed by atoms with E-state index in [0.717, 1.165) is 64.1 Å².